The van der Waals surface area contributed by atoms with Gasteiger partial charge >= 0.3 is 0 Å². The molecule has 0 aliphatic heterocycles. The summed E-state index contributed by atoms with van der Waals surface area (Å²) in [7, 11) is -3.56. The molecular formula is C16H17IN2O3S. The van der Waals surface area contributed by atoms with E-state index in [0.717, 1.165) is 19.7 Å². The number of hydrogen-bond donors (Lipinski definition) is 1. The Kier molecular flexibility index (Phi) is 5.64. The Hall–Kier alpha value is -1.61. The van der Waals surface area contributed by atoms with E-state index in [1.54, 1.807) is 30.3 Å². The summed E-state index contributed by atoms with van der Waals surface area (Å²) in [6, 6.07) is 14.3. The van der Waals surface area contributed by atoms with Gasteiger partial charge in [0.1, 0.15) is 6.54 Å². The maximum absolute atomic E-state index is 12.2. The first-order chi connectivity index (χ1) is 10.8. The van der Waals surface area contributed by atoms with Crippen molar-refractivity contribution in [1.29, 1.82) is 0 Å². The number of aryl methyl sites for hydroxylation is 1. The Labute approximate surface area is 149 Å². The Bertz CT molecular complexity index is 804. The molecule has 23 heavy (non-hydrogen) atoms. The molecular weight excluding hydrogens is 427 g/mol. The Morgan fingerprint density at radius 1 is 1.17 bits per heavy atom. The highest BCUT2D eigenvalue weighted by atomic mass is 127. The van der Waals surface area contributed by atoms with E-state index in [-0.39, 0.29) is 12.5 Å². The number of carbonyl (C=O) groups excluding carboxylic acids is 1. The van der Waals surface area contributed by atoms with Gasteiger partial charge in [-0.15, -0.1) is 0 Å². The molecule has 0 aromatic heterocycles. The number of nitrogens with one attached hydrogen (secondary N) is 1. The summed E-state index contributed by atoms with van der Waals surface area (Å²) in [6.07, 6.45) is 1.09. The van der Waals surface area contributed by atoms with E-state index >= 15 is 0 Å². The summed E-state index contributed by atoms with van der Waals surface area (Å²) < 4.78 is 26.1. The lowest BCUT2D eigenvalue weighted by molar-refractivity contribution is -0.114. The molecule has 0 bridgehead atoms. The second-order valence-electron chi connectivity index (χ2n) is 5.16. The van der Waals surface area contributed by atoms with Gasteiger partial charge in [-0.25, -0.2) is 8.42 Å². The number of nitrogens with zero attached hydrogens (tertiary/aromatic N) is 1. The minimum atomic E-state index is -3.56. The summed E-state index contributed by atoms with van der Waals surface area (Å²) in [5.41, 5.74) is 2.12. The maximum Gasteiger partial charge on any atom is 0.245 e. The van der Waals surface area contributed by atoms with E-state index in [1.165, 1.54) is 0 Å². The first-order valence-electron chi connectivity index (χ1n) is 6.85. The predicted molar refractivity (Wildman–Crippen MR) is 101 cm³/mol. The first-order valence-corrected chi connectivity index (χ1v) is 9.78. The van der Waals surface area contributed by atoms with Gasteiger partial charge < -0.3 is 5.32 Å². The molecule has 2 aromatic rings. The molecule has 0 saturated heterocycles. The third kappa shape index (κ3) is 5.21. The molecule has 0 unspecified atom stereocenters. The zero-order valence-electron chi connectivity index (χ0n) is 12.8. The molecule has 122 valence electrons. The number of rotatable bonds is 5. The number of carbonyl (C=O) groups is 1. The highest BCUT2D eigenvalue weighted by Crippen LogP contribution is 2.19. The van der Waals surface area contributed by atoms with E-state index in [9.17, 15) is 13.2 Å². The van der Waals surface area contributed by atoms with Crippen LogP contribution in [0.2, 0.25) is 0 Å². The zero-order chi connectivity index (χ0) is 17.0. The van der Waals surface area contributed by atoms with Crippen LogP contribution in [0.1, 0.15) is 5.56 Å². The van der Waals surface area contributed by atoms with Crippen LogP contribution < -0.4 is 9.62 Å². The van der Waals surface area contributed by atoms with Crippen LogP contribution in [0, 0.1) is 10.5 Å². The van der Waals surface area contributed by atoms with E-state index in [0.29, 0.717) is 11.4 Å². The van der Waals surface area contributed by atoms with E-state index in [2.05, 4.69) is 27.9 Å². The Morgan fingerprint density at radius 2 is 1.83 bits per heavy atom. The lowest BCUT2D eigenvalue weighted by Crippen LogP contribution is -2.37. The smallest absolute Gasteiger partial charge is 0.245 e. The lowest BCUT2D eigenvalue weighted by atomic mass is 10.2. The minimum absolute atomic E-state index is 0.270. The molecule has 0 heterocycles. The van der Waals surface area contributed by atoms with Crippen LogP contribution in [-0.4, -0.2) is 27.1 Å². The summed E-state index contributed by atoms with van der Waals surface area (Å²) in [5.74, 6) is -0.389. The van der Waals surface area contributed by atoms with Gasteiger partial charge in [-0.3, -0.25) is 9.10 Å². The van der Waals surface area contributed by atoms with Crippen molar-refractivity contribution in [3.8, 4) is 0 Å². The van der Waals surface area contributed by atoms with Crippen LogP contribution in [0.5, 0.6) is 0 Å². The number of hydrogen-bond acceptors (Lipinski definition) is 3. The molecule has 5 nitrogen and oxygen atoms in total. The van der Waals surface area contributed by atoms with E-state index in [4.69, 9.17) is 0 Å². The molecule has 2 rings (SSSR count). The fraction of sp³-hybridized carbons (Fsp3) is 0.188. The second-order valence-corrected chi connectivity index (χ2v) is 8.32. The summed E-state index contributed by atoms with van der Waals surface area (Å²) in [5, 5.41) is 2.72. The lowest BCUT2D eigenvalue weighted by Gasteiger charge is -2.22. The van der Waals surface area contributed by atoms with Crippen LogP contribution in [0.4, 0.5) is 11.4 Å². The largest absolute Gasteiger partial charge is 0.325 e. The van der Waals surface area contributed by atoms with Crippen molar-refractivity contribution in [2.75, 3.05) is 22.4 Å². The number of halogens is 1. The number of sulfonamides is 1. The zero-order valence-corrected chi connectivity index (χ0v) is 15.8. The predicted octanol–water partition coefficient (Wildman–Crippen LogP) is 3.00. The van der Waals surface area contributed by atoms with Crippen molar-refractivity contribution in [2.45, 2.75) is 6.92 Å². The SMILES string of the molecule is Cc1cccc(NC(=O)CN(c2ccc(I)cc2)S(C)(=O)=O)c1. The normalized spacial score (nSPS) is 11.1. The number of benzene rings is 2. The first kappa shape index (κ1) is 17.7. The second kappa shape index (κ2) is 7.31. The van der Waals surface area contributed by atoms with Crippen molar-refractivity contribution in [3.63, 3.8) is 0 Å². The average molecular weight is 444 g/mol. The van der Waals surface area contributed by atoms with Gasteiger partial charge in [-0.2, -0.15) is 0 Å². The summed E-state index contributed by atoms with van der Waals surface area (Å²) >= 11 is 2.14. The molecule has 7 heteroatoms. The van der Waals surface area contributed by atoms with Gasteiger partial charge in [0.05, 0.1) is 11.9 Å². The van der Waals surface area contributed by atoms with Crippen LogP contribution >= 0.6 is 22.6 Å². The fourth-order valence-electron chi connectivity index (χ4n) is 2.06. The minimum Gasteiger partial charge on any atom is -0.325 e. The molecule has 1 amide bonds. The monoisotopic (exact) mass is 444 g/mol. The standard InChI is InChI=1S/C16H17IN2O3S/c1-12-4-3-5-14(10-12)18-16(20)11-19(23(2,21)22)15-8-6-13(17)7-9-15/h3-10H,11H2,1-2H3,(H,18,20). The van der Waals surface area contributed by atoms with Gasteiger partial charge in [0, 0.05) is 9.26 Å². The number of amides is 1. The number of anilines is 2. The van der Waals surface area contributed by atoms with Crippen molar-refractivity contribution in [1.82, 2.24) is 0 Å². The fourth-order valence-corrected chi connectivity index (χ4v) is 3.28. The Morgan fingerprint density at radius 3 is 2.39 bits per heavy atom. The van der Waals surface area contributed by atoms with Crippen molar-refractivity contribution >= 4 is 49.9 Å². The molecule has 0 radical (unpaired) electrons. The van der Waals surface area contributed by atoms with Gasteiger partial charge in [0.25, 0.3) is 0 Å². The molecule has 0 saturated carbocycles. The molecule has 0 aliphatic rings. The van der Waals surface area contributed by atoms with Crippen molar-refractivity contribution in [3.05, 3.63) is 57.7 Å². The van der Waals surface area contributed by atoms with Gasteiger partial charge in [0.15, 0.2) is 0 Å². The van der Waals surface area contributed by atoms with Crippen LogP contribution in [0.3, 0.4) is 0 Å². The van der Waals surface area contributed by atoms with Gasteiger partial charge in [-0.1, -0.05) is 12.1 Å². The molecule has 0 spiro atoms. The van der Waals surface area contributed by atoms with Gasteiger partial charge in [-0.05, 0) is 71.5 Å². The molecule has 2 aromatic carbocycles. The highest BCUT2D eigenvalue weighted by Gasteiger charge is 2.20. The van der Waals surface area contributed by atoms with Crippen LogP contribution in [-0.2, 0) is 14.8 Å². The van der Waals surface area contributed by atoms with Gasteiger partial charge in [0.2, 0.25) is 15.9 Å². The highest BCUT2D eigenvalue weighted by molar-refractivity contribution is 14.1. The van der Waals surface area contributed by atoms with Crippen molar-refractivity contribution in [2.24, 2.45) is 0 Å². The third-order valence-corrected chi connectivity index (χ3v) is 4.96. The third-order valence-electron chi connectivity index (χ3n) is 3.10. The van der Waals surface area contributed by atoms with Crippen molar-refractivity contribution < 1.29 is 13.2 Å². The Balaban J connectivity index is 2.18. The summed E-state index contributed by atoms with van der Waals surface area (Å²) in [4.78, 5) is 12.2. The van der Waals surface area contributed by atoms with E-state index < -0.39 is 10.0 Å². The average Bonchev–Trinajstić information content (AvgIpc) is 2.45. The summed E-state index contributed by atoms with van der Waals surface area (Å²) in [6.45, 7) is 1.65. The van der Waals surface area contributed by atoms with Crippen LogP contribution in [0.15, 0.2) is 48.5 Å². The molecule has 1 N–H and O–H groups in total. The maximum atomic E-state index is 12.2. The molecule has 0 aliphatic carbocycles. The quantitative estimate of drug-likeness (QED) is 0.722. The van der Waals surface area contributed by atoms with E-state index in [1.807, 2.05) is 25.1 Å². The van der Waals surface area contributed by atoms with Crippen LogP contribution in [0.25, 0.3) is 0 Å². The molecule has 0 atom stereocenters. The molecule has 0 fully saturated rings. The topological polar surface area (TPSA) is 66.5 Å².